The summed E-state index contributed by atoms with van der Waals surface area (Å²) in [6.07, 6.45) is -0.0796. The van der Waals surface area contributed by atoms with Crippen molar-refractivity contribution in [2.45, 2.75) is 13.0 Å². The van der Waals surface area contributed by atoms with Crippen molar-refractivity contribution in [3.8, 4) is 5.75 Å². The van der Waals surface area contributed by atoms with Crippen molar-refractivity contribution in [1.29, 1.82) is 0 Å². The molecule has 0 saturated carbocycles. The number of carbonyl (C=O) groups is 2. The van der Waals surface area contributed by atoms with E-state index >= 15 is 0 Å². The van der Waals surface area contributed by atoms with Crippen molar-refractivity contribution in [2.24, 2.45) is 0 Å². The lowest BCUT2D eigenvalue weighted by atomic mass is 10.2. The van der Waals surface area contributed by atoms with Gasteiger partial charge in [-0.05, 0) is 24.3 Å². The fourth-order valence-corrected chi connectivity index (χ4v) is 2.34. The van der Waals surface area contributed by atoms with Crippen LogP contribution in [-0.2, 0) is 14.3 Å². The van der Waals surface area contributed by atoms with Gasteiger partial charge in [-0.25, -0.2) is 0 Å². The lowest BCUT2D eigenvalue weighted by Crippen LogP contribution is -2.40. The third-order valence-electron chi connectivity index (χ3n) is 3.56. The van der Waals surface area contributed by atoms with Crippen LogP contribution in [-0.4, -0.2) is 69.4 Å². The summed E-state index contributed by atoms with van der Waals surface area (Å²) in [7, 11) is 1.75. The summed E-state index contributed by atoms with van der Waals surface area (Å²) in [4.78, 5) is 24.8. The molecule has 1 aliphatic rings. The van der Waals surface area contributed by atoms with Gasteiger partial charge in [0.1, 0.15) is 12.4 Å². The van der Waals surface area contributed by atoms with Gasteiger partial charge < -0.3 is 24.4 Å². The van der Waals surface area contributed by atoms with Crippen molar-refractivity contribution in [1.82, 2.24) is 10.2 Å². The fourth-order valence-electron chi connectivity index (χ4n) is 2.34. The molecule has 0 unspecified atom stereocenters. The van der Waals surface area contributed by atoms with Crippen LogP contribution in [0.15, 0.2) is 24.3 Å². The molecule has 0 bridgehead atoms. The van der Waals surface area contributed by atoms with Crippen LogP contribution in [0, 0.1) is 0 Å². The number of likely N-dealkylation sites (N-methyl/N-ethyl adjacent to an activating group) is 1. The summed E-state index contributed by atoms with van der Waals surface area (Å²) >= 11 is 0. The van der Waals surface area contributed by atoms with E-state index in [1.807, 2.05) is 0 Å². The van der Waals surface area contributed by atoms with Crippen molar-refractivity contribution in [3.63, 3.8) is 0 Å². The Hall–Kier alpha value is -2.12. The summed E-state index contributed by atoms with van der Waals surface area (Å²) in [6, 6.07) is 6.94. The molecule has 0 spiro atoms. The predicted molar refractivity (Wildman–Crippen MR) is 88.1 cm³/mol. The zero-order valence-corrected chi connectivity index (χ0v) is 14.1. The monoisotopic (exact) mass is 336 g/mol. The van der Waals surface area contributed by atoms with Gasteiger partial charge in [-0.1, -0.05) is 0 Å². The molecule has 1 atom stereocenters. The Morgan fingerprint density at radius 3 is 2.67 bits per heavy atom. The Morgan fingerprint density at radius 2 is 2.04 bits per heavy atom. The molecule has 1 heterocycles. The SMILES string of the molecule is CC(=O)NCCOc1ccc(C(=O)N(C)C[C@@H]2COCCO2)cc1. The van der Waals surface area contributed by atoms with Gasteiger partial charge in [0.25, 0.3) is 5.91 Å². The number of hydrogen-bond donors (Lipinski definition) is 1. The summed E-state index contributed by atoms with van der Waals surface area (Å²) in [5.74, 6) is 0.493. The third kappa shape index (κ3) is 5.82. The van der Waals surface area contributed by atoms with E-state index in [0.717, 1.165) is 0 Å². The quantitative estimate of drug-likeness (QED) is 0.741. The van der Waals surface area contributed by atoms with Crippen LogP contribution < -0.4 is 10.1 Å². The van der Waals surface area contributed by atoms with E-state index in [0.29, 0.717) is 50.8 Å². The molecule has 2 amide bonds. The van der Waals surface area contributed by atoms with E-state index in [2.05, 4.69) is 5.32 Å². The van der Waals surface area contributed by atoms with Gasteiger partial charge in [0, 0.05) is 26.1 Å². The molecule has 0 aromatic heterocycles. The molecule has 24 heavy (non-hydrogen) atoms. The molecule has 1 saturated heterocycles. The molecule has 7 nitrogen and oxygen atoms in total. The first kappa shape index (κ1) is 18.2. The lowest BCUT2D eigenvalue weighted by molar-refractivity contribution is -0.119. The molecule has 1 aliphatic heterocycles. The van der Waals surface area contributed by atoms with Gasteiger partial charge in [0.2, 0.25) is 5.91 Å². The van der Waals surface area contributed by atoms with E-state index < -0.39 is 0 Å². The van der Waals surface area contributed by atoms with Crippen LogP contribution in [0.3, 0.4) is 0 Å². The highest BCUT2D eigenvalue weighted by atomic mass is 16.6. The van der Waals surface area contributed by atoms with E-state index in [-0.39, 0.29) is 17.9 Å². The summed E-state index contributed by atoms with van der Waals surface area (Å²) in [5.41, 5.74) is 0.587. The van der Waals surface area contributed by atoms with E-state index in [9.17, 15) is 9.59 Å². The predicted octanol–water partition coefficient (Wildman–Crippen LogP) is 0.689. The summed E-state index contributed by atoms with van der Waals surface area (Å²) in [5, 5.41) is 2.65. The first-order chi connectivity index (χ1) is 11.6. The van der Waals surface area contributed by atoms with Crippen LogP contribution in [0.25, 0.3) is 0 Å². The van der Waals surface area contributed by atoms with Gasteiger partial charge >= 0.3 is 0 Å². The number of ether oxygens (including phenoxy) is 3. The van der Waals surface area contributed by atoms with Gasteiger partial charge in [0.05, 0.1) is 32.5 Å². The van der Waals surface area contributed by atoms with Gasteiger partial charge in [-0.15, -0.1) is 0 Å². The second kappa shape index (κ2) is 9.24. The Labute approximate surface area is 141 Å². The van der Waals surface area contributed by atoms with Crippen LogP contribution in [0.4, 0.5) is 0 Å². The van der Waals surface area contributed by atoms with Crippen molar-refractivity contribution >= 4 is 11.8 Å². The van der Waals surface area contributed by atoms with Crippen LogP contribution in [0.5, 0.6) is 5.75 Å². The molecule has 1 aromatic carbocycles. The summed E-state index contributed by atoms with van der Waals surface area (Å²) < 4.78 is 16.4. The average Bonchev–Trinajstić information content (AvgIpc) is 2.59. The first-order valence-electron chi connectivity index (χ1n) is 7.98. The molecule has 1 aromatic rings. The minimum atomic E-state index is -0.0880. The molecule has 7 heteroatoms. The number of rotatable bonds is 7. The maximum Gasteiger partial charge on any atom is 0.253 e. The zero-order chi connectivity index (χ0) is 17.4. The number of nitrogens with zero attached hydrogens (tertiary/aromatic N) is 1. The topological polar surface area (TPSA) is 77.1 Å². The Bertz CT molecular complexity index is 540. The normalized spacial score (nSPS) is 17.2. The second-order valence-electron chi connectivity index (χ2n) is 5.61. The first-order valence-corrected chi connectivity index (χ1v) is 7.98. The van der Waals surface area contributed by atoms with Crippen molar-refractivity contribution in [2.75, 3.05) is 46.6 Å². The van der Waals surface area contributed by atoms with Crippen LogP contribution in [0.2, 0.25) is 0 Å². The Balaban J connectivity index is 1.80. The second-order valence-corrected chi connectivity index (χ2v) is 5.61. The lowest BCUT2D eigenvalue weighted by Gasteiger charge is -2.27. The molecule has 2 rings (SSSR count). The van der Waals surface area contributed by atoms with Crippen LogP contribution in [0.1, 0.15) is 17.3 Å². The highest BCUT2D eigenvalue weighted by Crippen LogP contribution is 2.14. The molecule has 0 aliphatic carbocycles. The molecule has 1 fully saturated rings. The van der Waals surface area contributed by atoms with Gasteiger partial charge in [0.15, 0.2) is 0 Å². The molecule has 0 radical (unpaired) electrons. The highest BCUT2D eigenvalue weighted by Gasteiger charge is 2.20. The summed E-state index contributed by atoms with van der Waals surface area (Å²) in [6.45, 7) is 4.47. The minimum Gasteiger partial charge on any atom is -0.492 e. The smallest absolute Gasteiger partial charge is 0.253 e. The van der Waals surface area contributed by atoms with Crippen molar-refractivity contribution in [3.05, 3.63) is 29.8 Å². The fraction of sp³-hybridized carbons (Fsp3) is 0.529. The number of nitrogens with one attached hydrogen (secondary N) is 1. The van der Waals surface area contributed by atoms with E-state index in [1.54, 1.807) is 36.2 Å². The number of carbonyl (C=O) groups excluding carboxylic acids is 2. The largest absolute Gasteiger partial charge is 0.492 e. The number of amides is 2. The maximum absolute atomic E-state index is 12.4. The minimum absolute atomic E-state index is 0.0750. The Kier molecular flexibility index (Phi) is 7.02. The van der Waals surface area contributed by atoms with E-state index in [4.69, 9.17) is 14.2 Å². The van der Waals surface area contributed by atoms with E-state index in [1.165, 1.54) is 6.92 Å². The molecular weight excluding hydrogens is 312 g/mol. The molecule has 1 N–H and O–H groups in total. The van der Waals surface area contributed by atoms with Gasteiger partial charge in [-0.2, -0.15) is 0 Å². The molecular formula is C17H24N2O5. The maximum atomic E-state index is 12.4. The average molecular weight is 336 g/mol. The highest BCUT2D eigenvalue weighted by molar-refractivity contribution is 5.94. The number of benzene rings is 1. The van der Waals surface area contributed by atoms with Crippen molar-refractivity contribution < 1.29 is 23.8 Å². The Morgan fingerprint density at radius 1 is 1.29 bits per heavy atom. The zero-order valence-electron chi connectivity index (χ0n) is 14.1. The standard InChI is InChI=1S/C17H24N2O5/c1-13(20)18-7-8-23-15-5-3-14(4-6-15)17(21)19(2)11-16-12-22-9-10-24-16/h3-6,16H,7-12H2,1-2H3,(H,18,20)/t16-/m1/s1. The molecule has 132 valence electrons. The van der Waals surface area contributed by atoms with Gasteiger partial charge in [-0.3, -0.25) is 9.59 Å². The number of hydrogen-bond acceptors (Lipinski definition) is 5. The van der Waals surface area contributed by atoms with Crippen LogP contribution >= 0.6 is 0 Å². The third-order valence-corrected chi connectivity index (χ3v) is 3.56.